The number of methoxy groups -OCH3 is 2. The number of nitrogens with one attached hydrogen (secondary N) is 1. The van der Waals surface area contributed by atoms with E-state index in [1.165, 1.54) is 11.4 Å². The molecule has 0 spiro atoms. The van der Waals surface area contributed by atoms with Crippen molar-refractivity contribution in [1.29, 1.82) is 0 Å². The summed E-state index contributed by atoms with van der Waals surface area (Å²) in [5, 5.41) is 3.15. The fourth-order valence-corrected chi connectivity index (χ4v) is 5.55. The van der Waals surface area contributed by atoms with Crippen molar-refractivity contribution >= 4 is 15.9 Å². The molecule has 7 nitrogen and oxygen atoms in total. The second-order valence-corrected chi connectivity index (χ2v) is 9.99. The second-order valence-electron chi connectivity index (χ2n) is 8.05. The van der Waals surface area contributed by atoms with E-state index in [9.17, 15) is 13.2 Å². The zero-order chi connectivity index (χ0) is 23.3. The molecular formula is C24H32N2O5S. The first kappa shape index (κ1) is 24.1. The number of aryl methyl sites for hydroxylation is 1. The van der Waals surface area contributed by atoms with Crippen molar-refractivity contribution in [2.24, 2.45) is 5.92 Å². The Balaban J connectivity index is 1.61. The first-order chi connectivity index (χ1) is 15.3. The minimum Gasteiger partial charge on any atom is -0.497 e. The van der Waals surface area contributed by atoms with Gasteiger partial charge in [0.2, 0.25) is 15.9 Å². The molecule has 0 radical (unpaired) electrons. The van der Waals surface area contributed by atoms with Crippen LogP contribution in [0.1, 0.15) is 43.4 Å². The number of carbonyl (C=O) groups excluding carboxylic acids is 1. The summed E-state index contributed by atoms with van der Waals surface area (Å²) in [6, 6.07) is 12.2. The van der Waals surface area contributed by atoms with E-state index >= 15 is 0 Å². The third-order valence-electron chi connectivity index (χ3n) is 6.07. The quantitative estimate of drug-likeness (QED) is 0.650. The summed E-state index contributed by atoms with van der Waals surface area (Å²) in [6.45, 7) is 4.67. The van der Waals surface area contributed by atoms with Crippen molar-refractivity contribution in [2.45, 2.75) is 44.0 Å². The lowest BCUT2D eigenvalue weighted by Crippen LogP contribution is -2.43. The van der Waals surface area contributed by atoms with Gasteiger partial charge in [0.05, 0.1) is 25.2 Å². The first-order valence-electron chi connectivity index (χ1n) is 10.9. The summed E-state index contributed by atoms with van der Waals surface area (Å²) >= 11 is 0. The van der Waals surface area contributed by atoms with Crippen molar-refractivity contribution in [3.8, 4) is 11.5 Å². The highest BCUT2D eigenvalue weighted by molar-refractivity contribution is 7.89. The standard InChI is InChI=1S/C24H32N2O5S/c1-5-22(19-6-11-23(31-4)17(2)16-19)25-24(27)18-12-14-26(15-13-18)32(28,29)21-9-7-20(30-3)8-10-21/h6-11,16,18,22H,5,12-15H2,1-4H3,(H,25,27). The van der Waals surface area contributed by atoms with E-state index in [-0.39, 0.29) is 22.8 Å². The highest BCUT2D eigenvalue weighted by Crippen LogP contribution is 2.28. The maximum Gasteiger partial charge on any atom is 0.243 e. The Morgan fingerprint density at radius 1 is 1.09 bits per heavy atom. The lowest BCUT2D eigenvalue weighted by atomic mass is 9.95. The number of sulfonamides is 1. The Bertz CT molecular complexity index is 1030. The average Bonchev–Trinajstić information content (AvgIpc) is 2.82. The lowest BCUT2D eigenvalue weighted by molar-refractivity contribution is -0.126. The summed E-state index contributed by atoms with van der Waals surface area (Å²) < 4.78 is 37.7. The Hall–Kier alpha value is -2.58. The van der Waals surface area contributed by atoms with Crippen molar-refractivity contribution in [1.82, 2.24) is 9.62 Å². The van der Waals surface area contributed by atoms with Crippen LogP contribution in [0.2, 0.25) is 0 Å². The number of rotatable bonds is 8. The molecule has 3 rings (SSSR count). The van der Waals surface area contributed by atoms with Gasteiger partial charge in [-0.05, 0) is 67.6 Å². The van der Waals surface area contributed by atoms with Crippen LogP contribution >= 0.6 is 0 Å². The number of hydrogen-bond donors (Lipinski definition) is 1. The molecule has 1 saturated heterocycles. The van der Waals surface area contributed by atoms with E-state index in [2.05, 4.69) is 5.32 Å². The SMILES string of the molecule is CCC(NC(=O)C1CCN(S(=O)(=O)c2ccc(OC)cc2)CC1)c1ccc(OC)c(C)c1. The molecule has 0 bridgehead atoms. The molecule has 32 heavy (non-hydrogen) atoms. The molecule has 1 aliphatic rings. The van der Waals surface area contributed by atoms with Crippen LogP contribution < -0.4 is 14.8 Å². The number of ether oxygens (including phenoxy) is 2. The van der Waals surface area contributed by atoms with Gasteiger partial charge in [0.25, 0.3) is 0 Å². The van der Waals surface area contributed by atoms with Crippen LogP contribution in [0, 0.1) is 12.8 Å². The Labute approximate surface area is 190 Å². The minimum absolute atomic E-state index is 0.0215. The Morgan fingerprint density at radius 3 is 2.28 bits per heavy atom. The normalized spacial score (nSPS) is 16.4. The third-order valence-corrected chi connectivity index (χ3v) is 7.98. The van der Waals surface area contributed by atoms with Gasteiger partial charge in [-0.25, -0.2) is 8.42 Å². The summed E-state index contributed by atoms with van der Waals surface area (Å²) in [7, 11) is -0.403. The predicted molar refractivity (Wildman–Crippen MR) is 123 cm³/mol. The fraction of sp³-hybridized carbons (Fsp3) is 0.458. The van der Waals surface area contributed by atoms with E-state index < -0.39 is 10.0 Å². The van der Waals surface area contributed by atoms with Crippen LogP contribution in [0.15, 0.2) is 47.4 Å². The molecule has 0 saturated carbocycles. The number of carbonyl (C=O) groups is 1. The summed E-state index contributed by atoms with van der Waals surface area (Å²) in [5.74, 6) is 1.20. The van der Waals surface area contributed by atoms with Gasteiger partial charge in [0.15, 0.2) is 0 Å². The van der Waals surface area contributed by atoms with Gasteiger partial charge >= 0.3 is 0 Å². The van der Waals surface area contributed by atoms with Gasteiger partial charge in [0, 0.05) is 19.0 Å². The summed E-state index contributed by atoms with van der Waals surface area (Å²) in [5.41, 5.74) is 2.06. The van der Waals surface area contributed by atoms with Crippen molar-refractivity contribution < 1.29 is 22.7 Å². The lowest BCUT2D eigenvalue weighted by Gasteiger charge is -2.31. The molecule has 2 aromatic rings. The molecule has 1 atom stereocenters. The molecular weight excluding hydrogens is 428 g/mol. The van der Waals surface area contributed by atoms with E-state index in [4.69, 9.17) is 9.47 Å². The molecule has 1 fully saturated rings. The molecule has 1 N–H and O–H groups in total. The largest absolute Gasteiger partial charge is 0.497 e. The molecule has 0 aliphatic carbocycles. The zero-order valence-corrected chi connectivity index (χ0v) is 19.9. The van der Waals surface area contributed by atoms with Gasteiger partial charge in [-0.15, -0.1) is 0 Å². The molecule has 1 amide bonds. The average molecular weight is 461 g/mol. The van der Waals surface area contributed by atoms with E-state index in [0.717, 1.165) is 23.3 Å². The van der Waals surface area contributed by atoms with Crippen molar-refractivity contribution in [3.63, 3.8) is 0 Å². The van der Waals surface area contributed by atoms with Crippen LogP contribution in [-0.2, 0) is 14.8 Å². The van der Waals surface area contributed by atoms with E-state index in [1.807, 2.05) is 32.0 Å². The number of nitrogens with zero attached hydrogens (tertiary/aromatic N) is 1. The molecule has 174 valence electrons. The molecule has 2 aromatic carbocycles. The molecule has 8 heteroatoms. The maximum atomic E-state index is 12.9. The van der Waals surface area contributed by atoms with Crippen molar-refractivity contribution in [2.75, 3.05) is 27.3 Å². The molecule has 1 unspecified atom stereocenters. The van der Waals surface area contributed by atoms with Gasteiger partial charge < -0.3 is 14.8 Å². The topological polar surface area (TPSA) is 84.9 Å². The summed E-state index contributed by atoms with van der Waals surface area (Å²) in [4.78, 5) is 13.2. The van der Waals surface area contributed by atoms with Crippen LogP contribution in [0.5, 0.6) is 11.5 Å². The van der Waals surface area contributed by atoms with Crippen molar-refractivity contribution in [3.05, 3.63) is 53.6 Å². The van der Waals surface area contributed by atoms with Crippen LogP contribution in [0.25, 0.3) is 0 Å². The summed E-state index contributed by atoms with van der Waals surface area (Å²) in [6.07, 6.45) is 1.76. The van der Waals surface area contributed by atoms with Gasteiger partial charge in [-0.3, -0.25) is 4.79 Å². The van der Waals surface area contributed by atoms with Crippen LogP contribution in [0.4, 0.5) is 0 Å². The number of piperidine rings is 1. The minimum atomic E-state index is -3.58. The third kappa shape index (κ3) is 5.24. The Kier molecular flexibility index (Phi) is 7.79. The van der Waals surface area contributed by atoms with Crippen LogP contribution in [0.3, 0.4) is 0 Å². The smallest absolute Gasteiger partial charge is 0.243 e. The van der Waals surface area contributed by atoms with Gasteiger partial charge in [-0.2, -0.15) is 4.31 Å². The molecule has 0 aromatic heterocycles. The fourth-order valence-electron chi connectivity index (χ4n) is 4.08. The molecule has 1 aliphatic heterocycles. The van der Waals surface area contributed by atoms with E-state index in [0.29, 0.717) is 31.7 Å². The Morgan fingerprint density at radius 2 is 1.75 bits per heavy atom. The number of amides is 1. The number of hydrogen-bond acceptors (Lipinski definition) is 5. The highest BCUT2D eigenvalue weighted by Gasteiger charge is 2.32. The predicted octanol–water partition coefficient (Wildman–Crippen LogP) is 3.68. The van der Waals surface area contributed by atoms with Gasteiger partial charge in [0.1, 0.15) is 11.5 Å². The monoisotopic (exact) mass is 460 g/mol. The maximum absolute atomic E-state index is 12.9. The zero-order valence-electron chi connectivity index (χ0n) is 19.1. The number of benzene rings is 2. The molecule has 1 heterocycles. The first-order valence-corrected chi connectivity index (χ1v) is 12.3. The van der Waals surface area contributed by atoms with Crippen LogP contribution in [-0.4, -0.2) is 45.9 Å². The van der Waals surface area contributed by atoms with E-state index in [1.54, 1.807) is 31.4 Å². The van der Waals surface area contributed by atoms with Gasteiger partial charge in [-0.1, -0.05) is 19.1 Å². The second kappa shape index (κ2) is 10.4. The highest BCUT2D eigenvalue weighted by atomic mass is 32.2.